The molecule has 0 aromatic carbocycles. The fourth-order valence-electron chi connectivity index (χ4n) is 1.44. The molecular formula is C11H11F3IN3. The molecule has 0 aliphatic carbocycles. The molecule has 0 aliphatic rings. The molecule has 0 fully saturated rings. The fourth-order valence-corrected chi connectivity index (χ4v) is 1.44. The van der Waals surface area contributed by atoms with Crippen molar-refractivity contribution in [2.75, 3.05) is 0 Å². The van der Waals surface area contributed by atoms with Crippen LogP contribution in [0, 0.1) is 0 Å². The number of aryl methyl sites for hydroxylation is 1. The van der Waals surface area contributed by atoms with Gasteiger partial charge >= 0.3 is 6.18 Å². The first-order chi connectivity index (χ1) is 8.00. The number of hydrogen-bond acceptors (Lipinski definition) is 1. The third-order valence-corrected chi connectivity index (χ3v) is 2.41. The third kappa shape index (κ3) is 3.21. The summed E-state index contributed by atoms with van der Waals surface area (Å²) in [5.74, 6) is 0.223. The van der Waals surface area contributed by atoms with Gasteiger partial charge in [-0.3, -0.25) is 0 Å². The average molecular weight is 369 g/mol. The van der Waals surface area contributed by atoms with Gasteiger partial charge in [0.25, 0.3) is 0 Å². The van der Waals surface area contributed by atoms with E-state index in [0.717, 1.165) is 12.7 Å². The molecule has 1 N–H and O–H groups in total. The van der Waals surface area contributed by atoms with Gasteiger partial charge in [0, 0.05) is 17.7 Å². The number of pyridine rings is 1. The van der Waals surface area contributed by atoms with Crippen molar-refractivity contribution < 1.29 is 41.7 Å². The molecule has 0 amide bonds. The van der Waals surface area contributed by atoms with Crippen LogP contribution in [-0.4, -0.2) is 9.97 Å². The second kappa shape index (κ2) is 5.68. The largest absolute Gasteiger partial charge is 1.00 e. The smallest absolute Gasteiger partial charge is 0.432 e. The van der Waals surface area contributed by atoms with E-state index < -0.39 is 11.9 Å². The first-order valence-corrected chi connectivity index (χ1v) is 5.12. The molecule has 2 rings (SSSR count). The summed E-state index contributed by atoms with van der Waals surface area (Å²) in [6.45, 7) is 2.79. The van der Waals surface area contributed by atoms with Crippen LogP contribution in [-0.2, 0) is 12.7 Å². The molecule has 98 valence electrons. The lowest BCUT2D eigenvalue weighted by atomic mass is 10.2. The molecule has 0 unspecified atom stereocenters. The lowest BCUT2D eigenvalue weighted by Gasteiger charge is -2.01. The van der Waals surface area contributed by atoms with E-state index in [4.69, 9.17) is 0 Å². The predicted molar refractivity (Wildman–Crippen MR) is 54.9 cm³/mol. The average Bonchev–Trinajstić information content (AvgIpc) is 2.78. The van der Waals surface area contributed by atoms with Gasteiger partial charge in [0.1, 0.15) is 18.1 Å². The first-order valence-electron chi connectivity index (χ1n) is 5.12. The number of aromatic nitrogens is 3. The van der Waals surface area contributed by atoms with E-state index in [2.05, 4.69) is 9.97 Å². The molecular weight excluding hydrogens is 358 g/mol. The van der Waals surface area contributed by atoms with Crippen molar-refractivity contribution in [2.45, 2.75) is 19.6 Å². The molecule has 0 saturated carbocycles. The van der Waals surface area contributed by atoms with E-state index >= 15 is 0 Å². The standard InChI is InChI=1S/C11H10F3N3.HI/c1-2-17-5-3-8(4-6-17)10-15-7-9(16-10)11(12,13)14;/h3-7H,2H2,1H3;1H. The highest BCUT2D eigenvalue weighted by atomic mass is 127. The second-order valence-electron chi connectivity index (χ2n) is 3.56. The van der Waals surface area contributed by atoms with Crippen molar-refractivity contribution in [1.82, 2.24) is 9.97 Å². The van der Waals surface area contributed by atoms with E-state index in [0.29, 0.717) is 5.56 Å². The van der Waals surface area contributed by atoms with Gasteiger partial charge in [-0.05, 0) is 6.92 Å². The monoisotopic (exact) mass is 369 g/mol. The van der Waals surface area contributed by atoms with Gasteiger partial charge in [0.15, 0.2) is 12.4 Å². The summed E-state index contributed by atoms with van der Waals surface area (Å²) in [4.78, 5) is 5.99. The summed E-state index contributed by atoms with van der Waals surface area (Å²) in [5, 5.41) is 0. The van der Waals surface area contributed by atoms with Crippen LogP contribution in [0.5, 0.6) is 0 Å². The van der Waals surface area contributed by atoms with Crippen molar-refractivity contribution in [1.29, 1.82) is 0 Å². The highest BCUT2D eigenvalue weighted by molar-refractivity contribution is 5.53. The molecule has 0 bridgehead atoms. The molecule has 0 radical (unpaired) electrons. The van der Waals surface area contributed by atoms with E-state index in [1.807, 2.05) is 11.5 Å². The molecule has 2 aromatic heterocycles. The van der Waals surface area contributed by atoms with E-state index in [-0.39, 0.29) is 29.8 Å². The zero-order chi connectivity index (χ0) is 12.5. The number of H-pyrrole nitrogens is 1. The number of rotatable bonds is 2. The quantitative estimate of drug-likeness (QED) is 0.557. The zero-order valence-electron chi connectivity index (χ0n) is 9.50. The van der Waals surface area contributed by atoms with Crippen LogP contribution < -0.4 is 28.5 Å². The van der Waals surface area contributed by atoms with Gasteiger partial charge in [0.2, 0.25) is 0 Å². The van der Waals surface area contributed by atoms with Crippen LogP contribution >= 0.6 is 0 Å². The highest BCUT2D eigenvalue weighted by Crippen LogP contribution is 2.28. The van der Waals surface area contributed by atoms with Crippen LogP contribution in [0.2, 0.25) is 0 Å². The van der Waals surface area contributed by atoms with Crippen molar-refractivity contribution >= 4 is 0 Å². The Balaban J connectivity index is 0.00000162. The number of hydrogen-bond donors (Lipinski definition) is 1. The molecule has 0 spiro atoms. The van der Waals surface area contributed by atoms with E-state index in [9.17, 15) is 13.2 Å². The summed E-state index contributed by atoms with van der Waals surface area (Å²) in [6, 6.07) is 3.45. The second-order valence-corrected chi connectivity index (χ2v) is 3.56. The van der Waals surface area contributed by atoms with Gasteiger partial charge in [-0.1, -0.05) is 0 Å². The molecule has 2 aromatic rings. The molecule has 0 saturated heterocycles. The normalized spacial score (nSPS) is 11.1. The van der Waals surface area contributed by atoms with Crippen molar-refractivity contribution in [3.8, 4) is 11.4 Å². The molecule has 7 heteroatoms. The van der Waals surface area contributed by atoms with Crippen LogP contribution in [0.4, 0.5) is 13.2 Å². The van der Waals surface area contributed by atoms with Crippen LogP contribution in [0.25, 0.3) is 11.4 Å². The zero-order valence-corrected chi connectivity index (χ0v) is 11.7. The van der Waals surface area contributed by atoms with Crippen LogP contribution in [0.15, 0.2) is 30.7 Å². The topological polar surface area (TPSA) is 32.6 Å². The fraction of sp³-hybridized carbons (Fsp3) is 0.273. The third-order valence-electron chi connectivity index (χ3n) is 2.41. The predicted octanol–water partition coefficient (Wildman–Crippen LogP) is -0.593. The van der Waals surface area contributed by atoms with Gasteiger partial charge in [-0.25, -0.2) is 9.55 Å². The Morgan fingerprint density at radius 2 is 1.89 bits per heavy atom. The SMILES string of the molecule is CC[n+]1ccc(-c2ncc(C(F)(F)F)[nH]2)cc1.[I-]. The minimum Gasteiger partial charge on any atom is -1.00 e. The molecule has 18 heavy (non-hydrogen) atoms. The minimum atomic E-state index is -4.39. The molecule has 3 nitrogen and oxygen atoms in total. The number of nitrogens with one attached hydrogen (secondary N) is 1. The van der Waals surface area contributed by atoms with Crippen LogP contribution in [0.3, 0.4) is 0 Å². The Morgan fingerprint density at radius 3 is 2.33 bits per heavy atom. The van der Waals surface area contributed by atoms with Gasteiger partial charge in [0.05, 0.1) is 6.20 Å². The van der Waals surface area contributed by atoms with Gasteiger partial charge in [-0.2, -0.15) is 13.2 Å². The summed E-state index contributed by atoms with van der Waals surface area (Å²) in [5.41, 5.74) is -0.204. The van der Waals surface area contributed by atoms with Gasteiger partial charge < -0.3 is 29.0 Å². The van der Waals surface area contributed by atoms with Crippen molar-refractivity contribution in [3.05, 3.63) is 36.4 Å². The number of alkyl halides is 3. The lowest BCUT2D eigenvalue weighted by molar-refractivity contribution is -0.693. The summed E-state index contributed by atoms with van der Waals surface area (Å²) in [6.07, 6.45) is 0.00972. The first kappa shape index (κ1) is 14.9. The molecule has 2 heterocycles. The highest BCUT2D eigenvalue weighted by Gasteiger charge is 2.33. The number of imidazole rings is 1. The Hall–Kier alpha value is -1.12. The van der Waals surface area contributed by atoms with Crippen molar-refractivity contribution in [2.24, 2.45) is 0 Å². The van der Waals surface area contributed by atoms with Crippen molar-refractivity contribution in [3.63, 3.8) is 0 Å². The Bertz CT molecular complexity index is 505. The van der Waals surface area contributed by atoms with E-state index in [1.165, 1.54) is 0 Å². The summed E-state index contributed by atoms with van der Waals surface area (Å²) in [7, 11) is 0. The maximum absolute atomic E-state index is 12.4. The Morgan fingerprint density at radius 1 is 1.28 bits per heavy atom. The van der Waals surface area contributed by atoms with E-state index in [1.54, 1.807) is 24.5 Å². The maximum Gasteiger partial charge on any atom is 0.432 e. The number of halogens is 4. The number of nitrogens with zero attached hydrogens (tertiary/aromatic N) is 2. The van der Waals surface area contributed by atoms with Gasteiger partial charge in [-0.15, -0.1) is 0 Å². The number of aromatic amines is 1. The van der Waals surface area contributed by atoms with Crippen LogP contribution in [0.1, 0.15) is 12.6 Å². The Kier molecular flexibility index (Phi) is 4.71. The summed E-state index contributed by atoms with van der Waals surface area (Å²) >= 11 is 0. The Labute approximate surface area is 119 Å². The molecule has 0 atom stereocenters. The maximum atomic E-state index is 12.4. The molecule has 0 aliphatic heterocycles. The summed E-state index contributed by atoms with van der Waals surface area (Å²) < 4.78 is 39.0. The lowest BCUT2D eigenvalue weighted by Crippen LogP contribution is -3.00. The minimum absolute atomic E-state index is 0.